The molecule has 0 spiro atoms. The molecular formula is C17H15ClN4O. The maximum atomic E-state index is 6.11. The van der Waals surface area contributed by atoms with Crippen LogP contribution in [0.3, 0.4) is 0 Å². The summed E-state index contributed by atoms with van der Waals surface area (Å²) in [5.41, 5.74) is 2.73. The molecular weight excluding hydrogens is 312 g/mol. The van der Waals surface area contributed by atoms with E-state index in [2.05, 4.69) is 25.9 Å². The molecule has 0 N–H and O–H groups in total. The number of aromatic nitrogens is 3. The van der Waals surface area contributed by atoms with Crippen molar-refractivity contribution in [2.24, 2.45) is 0 Å². The number of hydrogen-bond donors (Lipinski definition) is 0. The topological polar surface area (TPSA) is 55.1 Å². The molecule has 3 aromatic rings. The molecule has 0 bridgehead atoms. The van der Waals surface area contributed by atoms with Crippen LogP contribution in [-0.2, 0) is 13.0 Å². The summed E-state index contributed by atoms with van der Waals surface area (Å²) in [6.07, 6.45) is 6.83. The SMILES string of the molecule is Clc1cccc(N2CCCc3oc(-c4cnccn4)nc3C2)c1. The van der Waals surface area contributed by atoms with Crippen molar-refractivity contribution >= 4 is 17.3 Å². The molecule has 1 aliphatic rings. The second-order valence-electron chi connectivity index (χ2n) is 5.48. The molecule has 5 nitrogen and oxygen atoms in total. The molecule has 6 heteroatoms. The summed E-state index contributed by atoms with van der Waals surface area (Å²) in [6, 6.07) is 7.91. The van der Waals surface area contributed by atoms with Gasteiger partial charge in [0.1, 0.15) is 17.1 Å². The Morgan fingerprint density at radius 3 is 3.00 bits per heavy atom. The standard InChI is InChI=1S/C17H15ClN4O/c18-12-3-1-4-13(9-12)22-8-2-5-16-15(11-22)21-17(23-16)14-10-19-6-7-20-14/h1,3-4,6-7,9-10H,2,5,8,11H2. The number of anilines is 1. The molecule has 23 heavy (non-hydrogen) atoms. The highest BCUT2D eigenvalue weighted by atomic mass is 35.5. The lowest BCUT2D eigenvalue weighted by atomic mass is 10.2. The second-order valence-corrected chi connectivity index (χ2v) is 5.92. The van der Waals surface area contributed by atoms with E-state index >= 15 is 0 Å². The van der Waals surface area contributed by atoms with E-state index in [0.717, 1.165) is 41.6 Å². The zero-order valence-electron chi connectivity index (χ0n) is 12.4. The van der Waals surface area contributed by atoms with Gasteiger partial charge in [0, 0.05) is 36.1 Å². The molecule has 2 aromatic heterocycles. The molecule has 0 saturated heterocycles. The van der Waals surface area contributed by atoms with Crippen molar-refractivity contribution in [1.82, 2.24) is 15.0 Å². The van der Waals surface area contributed by atoms with Crippen LogP contribution >= 0.6 is 11.6 Å². The molecule has 0 atom stereocenters. The Labute approximate surface area is 139 Å². The lowest BCUT2D eigenvalue weighted by Crippen LogP contribution is -2.22. The van der Waals surface area contributed by atoms with Crippen LogP contribution in [0.15, 0.2) is 47.3 Å². The van der Waals surface area contributed by atoms with Gasteiger partial charge in [-0.2, -0.15) is 0 Å². The Morgan fingerprint density at radius 2 is 2.17 bits per heavy atom. The smallest absolute Gasteiger partial charge is 0.247 e. The van der Waals surface area contributed by atoms with E-state index in [9.17, 15) is 0 Å². The van der Waals surface area contributed by atoms with Gasteiger partial charge in [0.05, 0.1) is 12.7 Å². The Hall–Kier alpha value is -2.40. The Morgan fingerprint density at radius 1 is 1.22 bits per heavy atom. The first-order valence-corrected chi connectivity index (χ1v) is 7.93. The largest absolute Gasteiger partial charge is 0.439 e. The van der Waals surface area contributed by atoms with Gasteiger partial charge in [-0.15, -0.1) is 0 Å². The number of rotatable bonds is 2. The predicted molar refractivity (Wildman–Crippen MR) is 88.4 cm³/mol. The van der Waals surface area contributed by atoms with E-state index in [4.69, 9.17) is 16.0 Å². The van der Waals surface area contributed by atoms with Crippen LogP contribution in [-0.4, -0.2) is 21.5 Å². The molecule has 3 heterocycles. The average Bonchev–Trinajstić information content (AvgIpc) is 2.87. The van der Waals surface area contributed by atoms with Crippen LogP contribution < -0.4 is 4.90 Å². The van der Waals surface area contributed by atoms with E-state index < -0.39 is 0 Å². The van der Waals surface area contributed by atoms with Crippen molar-refractivity contribution in [3.63, 3.8) is 0 Å². The normalized spacial score (nSPS) is 14.4. The third kappa shape index (κ3) is 2.92. The fraction of sp³-hybridized carbons (Fsp3) is 0.235. The van der Waals surface area contributed by atoms with Crippen LogP contribution in [0.2, 0.25) is 5.02 Å². The second kappa shape index (κ2) is 6.01. The third-order valence-electron chi connectivity index (χ3n) is 3.91. The summed E-state index contributed by atoms with van der Waals surface area (Å²) in [6.45, 7) is 1.66. The maximum absolute atomic E-state index is 6.11. The van der Waals surface area contributed by atoms with Crippen molar-refractivity contribution < 1.29 is 4.42 Å². The van der Waals surface area contributed by atoms with E-state index in [0.29, 0.717) is 18.1 Å². The summed E-state index contributed by atoms with van der Waals surface area (Å²) >= 11 is 6.11. The molecule has 4 rings (SSSR count). The molecule has 0 radical (unpaired) electrons. The number of hydrogen-bond acceptors (Lipinski definition) is 5. The van der Waals surface area contributed by atoms with E-state index in [1.807, 2.05) is 18.2 Å². The summed E-state index contributed by atoms with van der Waals surface area (Å²) in [5.74, 6) is 1.48. The van der Waals surface area contributed by atoms with Crippen LogP contribution in [0, 0.1) is 0 Å². The highest BCUT2D eigenvalue weighted by Crippen LogP contribution is 2.28. The highest BCUT2D eigenvalue weighted by Gasteiger charge is 2.21. The maximum Gasteiger partial charge on any atom is 0.247 e. The average molecular weight is 327 g/mol. The van der Waals surface area contributed by atoms with Crippen molar-refractivity contribution in [2.45, 2.75) is 19.4 Å². The third-order valence-corrected chi connectivity index (χ3v) is 4.14. The summed E-state index contributed by atoms with van der Waals surface area (Å²) < 4.78 is 5.91. The number of halogens is 1. The fourth-order valence-electron chi connectivity index (χ4n) is 2.80. The Balaban J connectivity index is 1.65. The fourth-order valence-corrected chi connectivity index (χ4v) is 2.99. The van der Waals surface area contributed by atoms with Crippen LogP contribution in [0.1, 0.15) is 17.9 Å². The van der Waals surface area contributed by atoms with E-state index in [1.54, 1.807) is 18.6 Å². The van der Waals surface area contributed by atoms with E-state index in [1.165, 1.54) is 0 Å². The van der Waals surface area contributed by atoms with Crippen LogP contribution in [0.5, 0.6) is 0 Å². The van der Waals surface area contributed by atoms with Crippen molar-refractivity contribution in [2.75, 3.05) is 11.4 Å². The minimum atomic E-state index is 0.538. The number of aryl methyl sites for hydroxylation is 1. The predicted octanol–water partition coefficient (Wildman–Crippen LogP) is 3.74. The quantitative estimate of drug-likeness (QED) is 0.718. The van der Waals surface area contributed by atoms with Gasteiger partial charge in [-0.1, -0.05) is 17.7 Å². The monoisotopic (exact) mass is 326 g/mol. The highest BCUT2D eigenvalue weighted by molar-refractivity contribution is 6.30. The van der Waals surface area contributed by atoms with Crippen molar-refractivity contribution in [3.8, 4) is 11.6 Å². The van der Waals surface area contributed by atoms with Gasteiger partial charge in [-0.25, -0.2) is 9.97 Å². The van der Waals surface area contributed by atoms with Gasteiger partial charge in [0.25, 0.3) is 0 Å². The van der Waals surface area contributed by atoms with Gasteiger partial charge in [0.15, 0.2) is 0 Å². The first-order chi connectivity index (χ1) is 11.3. The number of fused-ring (bicyclic) bond motifs is 1. The zero-order chi connectivity index (χ0) is 15.6. The van der Waals surface area contributed by atoms with Gasteiger partial charge in [-0.3, -0.25) is 4.98 Å². The van der Waals surface area contributed by atoms with Crippen LogP contribution in [0.4, 0.5) is 5.69 Å². The first-order valence-electron chi connectivity index (χ1n) is 7.55. The van der Waals surface area contributed by atoms with Crippen molar-refractivity contribution in [3.05, 3.63) is 59.3 Å². The first kappa shape index (κ1) is 14.2. The van der Waals surface area contributed by atoms with E-state index in [-0.39, 0.29) is 0 Å². The van der Waals surface area contributed by atoms with Gasteiger partial charge >= 0.3 is 0 Å². The van der Waals surface area contributed by atoms with Gasteiger partial charge in [-0.05, 0) is 24.6 Å². The molecule has 0 amide bonds. The Kier molecular flexibility index (Phi) is 3.71. The van der Waals surface area contributed by atoms with Crippen LogP contribution in [0.25, 0.3) is 11.6 Å². The van der Waals surface area contributed by atoms with Crippen molar-refractivity contribution in [1.29, 1.82) is 0 Å². The summed E-state index contributed by atoms with van der Waals surface area (Å²) in [4.78, 5) is 15.2. The molecule has 0 unspecified atom stereocenters. The minimum absolute atomic E-state index is 0.538. The molecule has 0 fully saturated rings. The molecule has 1 aliphatic heterocycles. The molecule has 0 saturated carbocycles. The zero-order valence-corrected chi connectivity index (χ0v) is 13.2. The number of benzene rings is 1. The molecule has 116 valence electrons. The summed E-state index contributed by atoms with van der Waals surface area (Å²) in [5, 5.41) is 0.743. The number of nitrogens with zero attached hydrogens (tertiary/aromatic N) is 4. The summed E-state index contributed by atoms with van der Waals surface area (Å²) in [7, 11) is 0. The number of oxazole rings is 1. The molecule has 0 aliphatic carbocycles. The lowest BCUT2D eigenvalue weighted by molar-refractivity contribution is 0.511. The van der Waals surface area contributed by atoms with Gasteiger partial charge < -0.3 is 9.32 Å². The lowest BCUT2D eigenvalue weighted by Gasteiger charge is -2.22. The molecule has 1 aromatic carbocycles. The minimum Gasteiger partial charge on any atom is -0.439 e. The van der Waals surface area contributed by atoms with Gasteiger partial charge in [0.2, 0.25) is 5.89 Å². The Bertz CT molecular complexity index is 818.